The maximum atomic E-state index is 11.6. The zero-order chi connectivity index (χ0) is 18.1. The average molecular weight is 343 g/mol. The number of amides is 1. The lowest BCUT2D eigenvalue weighted by Crippen LogP contribution is -2.17. The maximum absolute atomic E-state index is 11.6. The van der Waals surface area contributed by atoms with Gasteiger partial charge in [-0.25, -0.2) is 5.01 Å². The Morgan fingerprint density at radius 2 is 1.73 bits per heavy atom. The molecule has 0 N–H and O–H groups in total. The molecule has 4 rings (SSSR count). The van der Waals surface area contributed by atoms with Crippen LogP contribution >= 0.6 is 0 Å². The van der Waals surface area contributed by atoms with Crippen molar-refractivity contribution in [3.63, 3.8) is 0 Å². The molecule has 1 aliphatic heterocycles. The Hall–Kier alpha value is -3.14. The van der Waals surface area contributed by atoms with Crippen molar-refractivity contribution in [3.05, 3.63) is 77.9 Å². The SMILES string of the molecule is CN(C)c1ccc([C@@H]2CC(c3ccc4ccccc4c3)=NN2C=O)cc1. The number of carbonyl (C=O) groups excluding carboxylic acids is 1. The van der Waals surface area contributed by atoms with E-state index in [1.54, 1.807) is 0 Å². The number of rotatable bonds is 4. The molecule has 0 bridgehead atoms. The second-order valence-corrected chi connectivity index (χ2v) is 6.80. The maximum Gasteiger partial charge on any atom is 0.230 e. The van der Waals surface area contributed by atoms with Crippen molar-refractivity contribution < 1.29 is 4.79 Å². The van der Waals surface area contributed by atoms with Gasteiger partial charge in [0, 0.05) is 26.2 Å². The summed E-state index contributed by atoms with van der Waals surface area (Å²) in [5, 5.41) is 8.50. The fraction of sp³-hybridized carbons (Fsp3) is 0.182. The molecule has 0 fully saturated rings. The van der Waals surface area contributed by atoms with Crippen LogP contribution in [0.25, 0.3) is 10.8 Å². The summed E-state index contributed by atoms with van der Waals surface area (Å²) in [6.45, 7) is 0. The third-order valence-corrected chi connectivity index (χ3v) is 4.93. The first-order valence-electron chi connectivity index (χ1n) is 8.73. The van der Waals surface area contributed by atoms with E-state index in [2.05, 4.69) is 64.6 Å². The summed E-state index contributed by atoms with van der Waals surface area (Å²) in [5.74, 6) is 0. The molecule has 1 amide bonds. The van der Waals surface area contributed by atoms with E-state index < -0.39 is 0 Å². The number of hydrogen-bond acceptors (Lipinski definition) is 3. The molecule has 0 spiro atoms. The van der Waals surface area contributed by atoms with E-state index in [4.69, 9.17) is 0 Å². The van der Waals surface area contributed by atoms with Gasteiger partial charge in [0.05, 0.1) is 11.8 Å². The predicted molar refractivity (Wildman–Crippen MR) is 107 cm³/mol. The topological polar surface area (TPSA) is 35.9 Å². The van der Waals surface area contributed by atoms with Gasteiger partial charge in [0.15, 0.2) is 0 Å². The van der Waals surface area contributed by atoms with Gasteiger partial charge in [-0.1, -0.05) is 48.5 Å². The molecule has 0 saturated carbocycles. The Bertz CT molecular complexity index is 976. The molecule has 130 valence electrons. The number of nitrogens with zero attached hydrogens (tertiary/aromatic N) is 3. The van der Waals surface area contributed by atoms with Crippen LogP contribution in [0.1, 0.15) is 23.6 Å². The number of hydrogen-bond donors (Lipinski definition) is 0. The molecule has 0 aliphatic carbocycles. The van der Waals surface area contributed by atoms with Crippen LogP contribution in [-0.4, -0.2) is 31.2 Å². The zero-order valence-electron chi connectivity index (χ0n) is 15.0. The van der Waals surface area contributed by atoms with Gasteiger partial charge in [0.1, 0.15) is 0 Å². The molecule has 0 aromatic heterocycles. The van der Waals surface area contributed by atoms with Crippen LogP contribution in [0.3, 0.4) is 0 Å². The highest BCUT2D eigenvalue weighted by atomic mass is 16.1. The molecule has 3 aromatic rings. The van der Waals surface area contributed by atoms with Crippen molar-refractivity contribution >= 4 is 28.6 Å². The van der Waals surface area contributed by atoms with Gasteiger partial charge in [0.2, 0.25) is 6.41 Å². The summed E-state index contributed by atoms with van der Waals surface area (Å²) in [7, 11) is 4.03. The van der Waals surface area contributed by atoms with E-state index in [9.17, 15) is 4.79 Å². The first-order valence-corrected chi connectivity index (χ1v) is 8.73. The Balaban J connectivity index is 1.63. The summed E-state index contributed by atoms with van der Waals surface area (Å²) in [5.41, 5.74) is 4.26. The smallest absolute Gasteiger partial charge is 0.230 e. The largest absolute Gasteiger partial charge is 0.378 e. The summed E-state index contributed by atoms with van der Waals surface area (Å²) < 4.78 is 0. The van der Waals surface area contributed by atoms with E-state index in [1.807, 2.05) is 26.2 Å². The molecular formula is C22H21N3O. The van der Waals surface area contributed by atoms with Gasteiger partial charge in [-0.05, 0) is 40.1 Å². The molecule has 3 aromatic carbocycles. The Morgan fingerprint density at radius 3 is 2.42 bits per heavy atom. The lowest BCUT2D eigenvalue weighted by atomic mass is 9.97. The van der Waals surface area contributed by atoms with Crippen molar-refractivity contribution in [1.29, 1.82) is 0 Å². The van der Waals surface area contributed by atoms with Crippen LogP contribution in [0.15, 0.2) is 71.8 Å². The van der Waals surface area contributed by atoms with Crippen LogP contribution < -0.4 is 4.90 Å². The molecule has 0 saturated heterocycles. The molecule has 0 unspecified atom stereocenters. The highest BCUT2D eigenvalue weighted by Gasteiger charge is 2.28. The lowest BCUT2D eigenvalue weighted by Gasteiger charge is -2.19. The molecule has 4 heteroatoms. The van der Waals surface area contributed by atoms with Crippen molar-refractivity contribution in [2.75, 3.05) is 19.0 Å². The minimum Gasteiger partial charge on any atom is -0.378 e. The van der Waals surface area contributed by atoms with Crippen LogP contribution in [0, 0.1) is 0 Å². The van der Waals surface area contributed by atoms with Gasteiger partial charge >= 0.3 is 0 Å². The van der Waals surface area contributed by atoms with Crippen molar-refractivity contribution in [3.8, 4) is 0 Å². The van der Waals surface area contributed by atoms with Crippen LogP contribution in [0.2, 0.25) is 0 Å². The van der Waals surface area contributed by atoms with Gasteiger partial charge in [-0.2, -0.15) is 5.10 Å². The molecule has 4 nitrogen and oxygen atoms in total. The summed E-state index contributed by atoms with van der Waals surface area (Å²) in [6.07, 6.45) is 1.54. The molecule has 1 heterocycles. The quantitative estimate of drug-likeness (QED) is 0.665. The highest BCUT2D eigenvalue weighted by Crippen LogP contribution is 2.33. The lowest BCUT2D eigenvalue weighted by molar-refractivity contribution is -0.119. The molecule has 26 heavy (non-hydrogen) atoms. The van der Waals surface area contributed by atoms with Crippen LogP contribution in [-0.2, 0) is 4.79 Å². The fourth-order valence-electron chi connectivity index (χ4n) is 3.43. The van der Waals surface area contributed by atoms with E-state index in [1.165, 1.54) is 15.8 Å². The van der Waals surface area contributed by atoms with E-state index in [-0.39, 0.29) is 6.04 Å². The molecule has 1 aliphatic rings. The number of fused-ring (bicyclic) bond motifs is 1. The van der Waals surface area contributed by atoms with Crippen molar-refractivity contribution in [1.82, 2.24) is 5.01 Å². The summed E-state index contributed by atoms with van der Waals surface area (Å²) in [6, 6.07) is 22.9. The molecule has 1 atom stereocenters. The fourth-order valence-corrected chi connectivity index (χ4v) is 3.43. The van der Waals surface area contributed by atoms with Gasteiger partial charge in [-0.15, -0.1) is 0 Å². The van der Waals surface area contributed by atoms with Crippen LogP contribution in [0.4, 0.5) is 5.69 Å². The highest BCUT2D eigenvalue weighted by molar-refractivity contribution is 6.05. The van der Waals surface area contributed by atoms with E-state index in [0.29, 0.717) is 0 Å². The average Bonchev–Trinajstić information content (AvgIpc) is 3.12. The summed E-state index contributed by atoms with van der Waals surface area (Å²) in [4.78, 5) is 13.6. The normalized spacial score (nSPS) is 16.6. The first kappa shape index (κ1) is 16.3. The first-order chi connectivity index (χ1) is 12.7. The predicted octanol–water partition coefficient (Wildman–Crippen LogP) is 4.21. The third kappa shape index (κ3) is 2.94. The number of carbonyl (C=O) groups is 1. The number of anilines is 1. The monoisotopic (exact) mass is 343 g/mol. The second-order valence-electron chi connectivity index (χ2n) is 6.80. The zero-order valence-corrected chi connectivity index (χ0v) is 15.0. The van der Waals surface area contributed by atoms with Crippen molar-refractivity contribution in [2.45, 2.75) is 12.5 Å². The van der Waals surface area contributed by atoms with E-state index >= 15 is 0 Å². The van der Waals surface area contributed by atoms with E-state index in [0.717, 1.165) is 35.4 Å². The number of benzene rings is 3. The Labute approximate surface area is 153 Å². The molecular weight excluding hydrogens is 322 g/mol. The van der Waals surface area contributed by atoms with Crippen molar-refractivity contribution in [2.24, 2.45) is 5.10 Å². The summed E-state index contributed by atoms with van der Waals surface area (Å²) >= 11 is 0. The standard InChI is InChI=1S/C22H21N3O/c1-24(2)20-11-9-17(10-12-20)22-14-21(23-25(22)15-26)19-8-7-16-5-3-4-6-18(16)13-19/h3-13,15,22H,14H2,1-2H3/t22-/m0/s1. The van der Waals surface area contributed by atoms with Gasteiger partial charge < -0.3 is 4.90 Å². The molecule has 0 radical (unpaired) electrons. The Morgan fingerprint density at radius 1 is 1.00 bits per heavy atom. The van der Waals surface area contributed by atoms with Gasteiger partial charge in [0.25, 0.3) is 0 Å². The van der Waals surface area contributed by atoms with Crippen LogP contribution in [0.5, 0.6) is 0 Å². The third-order valence-electron chi connectivity index (χ3n) is 4.93. The Kier molecular flexibility index (Phi) is 4.17. The number of hydrazone groups is 1. The minimum absolute atomic E-state index is 0.0508. The minimum atomic E-state index is -0.0508. The van der Waals surface area contributed by atoms with Gasteiger partial charge in [-0.3, -0.25) is 4.79 Å². The second kappa shape index (κ2) is 6.64.